The molecular weight excluding hydrogens is 419 g/mol. The van der Waals surface area contributed by atoms with E-state index in [4.69, 9.17) is 5.10 Å². The molecular formula is C25H29FN6O. The van der Waals surface area contributed by atoms with E-state index >= 15 is 0 Å². The fraction of sp³-hybridized carbons (Fsp3) is 0.400. The summed E-state index contributed by atoms with van der Waals surface area (Å²) in [6.07, 6.45) is 7.99. The van der Waals surface area contributed by atoms with Crippen LogP contribution in [-0.2, 0) is 0 Å². The molecule has 2 aromatic heterocycles. The van der Waals surface area contributed by atoms with Crippen LogP contribution in [0.2, 0.25) is 0 Å². The van der Waals surface area contributed by atoms with Gasteiger partial charge in [-0.2, -0.15) is 5.10 Å². The van der Waals surface area contributed by atoms with Crippen LogP contribution in [-0.4, -0.2) is 69.7 Å². The second-order valence-electron chi connectivity index (χ2n) is 8.72. The van der Waals surface area contributed by atoms with Crippen molar-refractivity contribution < 1.29 is 9.18 Å². The van der Waals surface area contributed by atoms with Crippen LogP contribution in [0.4, 0.5) is 4.39 Å². The van der Waals surface area contributed by atoms with Crippen molar-refractivity contribution >= 4 is 11.5 Å². The molecule has 1 amide bonds. The number of piperazine rings is 1. The molecule has 0 bridgehead atoms. The number of aromatic amines is 1. The number of halogens is 1. The fourth-order valence-electron chi connectivity index (χ4n) is 4.75. The lowest BCUT2D eigenvalue weighted by Crippen LogP contribution is -2.49. The smallest absolute Gasteiger partial charge is 0.253 e. The predicted molar refractivity (Wildman–Crippen MR) is 124 cm³/mol. The van der Waals surface area contributed by atoms with E-state index in [-0.39, 0.29) is 17.8 Å². The number of fused-ring (bicyclic) bond motifs is 1. The summed E-state index contributed by atoms with van der Waals surface area (Å²) in [5, 5.41) is 5.89. The third-order valence-corrected chi connectivity index (χ3v) is 6.70. The first-order valence-corrected chi connectivity index (χ1v) is 11.6. The van der Waals surface area contributed by atoms with Crippen LogP contribution in [0, 0.1) is 5.82 Å². The SMILES string of the molecule is CCC(CN1CCN(C(=O)c2ccc(F)cc2)CC1)n1cc(C2=c3cc[nH]c3=NCC2)cn1. The van der Waals surface area contributed by atoms with Crippen LogP contribution in [0.3, 0.4) is 0 Å². The highest BCUT2D eigenvalue weighted by Gasteiger charge is 2.24. The van der Waals surface area contributed by atoms with Crippen LogP contribution >= 0.6 is 0 Å². The molecule has 1 atom stereocenters. The minimum atomic E-state index is -0.325. The maximum atomic E-state index is 13.2. The van der Waals surface area contributed by atoms with Gasteiger partial charge in [-0.1, -0.05) is 6.92 Å². The highest BCUT2D eigenvalue weighted by molar-refractivity contribution is 5.94. The van der Waals surface area contributed by atoms with Gasteiger partial charge < -0.3 is 9.88 Å². The molecule has 2 aliphatic heterocycles. The molecule has 0 saturated carbocycles. The quantitative estimate of drug-likeness (QED) is 0.627. The van der Waals surface area contributed by atoms with Gasteiger partial charge in [-0.05, 0) is 48.7 Å². The van der Waals surface area contributed by atoms with Crippen molar-refractivity contribution in [2.24, 2.45) is 4.99 Å². The van der Waals surface area contributed by atoms with Gasteiger partial charge in [-0.15, -0.1) is 0 Å². The van der Waals surface area contributed by atoms with E-state index in [1.807, 2.05) is 17.3 Å². The van der Waals surface area contributed by atoms with Gasteiger partial charge in [0.2, 0.25) is 0 Å². The normalized spacial score (nSPS) is 17.5. The van der Waals surface area contributed by atoms with Crippen LogP contribution in [0.5, 0.6) is 0 Å². The highest BCUT2D eigenvalue weighted by atomic mass is 19.1. The van der Waals surface area contributed by atoms with E-state index in [9.17, 15) is 9.18 Å². The van der Waals surface area contributed by atoms with E-state index in [0.717, 1.165) is 44.5 Å². The number of H-pyrrole nitrogens is 1. The van der Waals surface area contributed by atoms with Crippen LogP contribution < -0.4 is 10.7 Å². The van der Waals surface area contributed by atoms with Crippen molar-refractivity contribution in [3.8, 4) is 0 Å². The zero-order chi connectivity index (χ0) is 22.8. The average Bonchev–Trinajstić information content (AvgIpc) is 3.53. The van der Waals surface area contributed by atoms with Crippen molar-refractivity contribution in [3.63, 3.8) is 0 Å². The molecule has 3 aromatic rings. The standard InChI is InChI=1S/C25H29FN6O/c1-2-21(32-16-19(15-29-32)22-7-9-27-24-23(22)8-10-28-24)17-30-11-13-31(14-12-30)25(33)18-3-5-20(26)6-4-18/h3-6,8,10,15-16,21H,2,7,9,11-14,17H2,1H3,(H,27,28). The minimum Gasteiger partial charge on any atom is -0.346 e. The van der Waals surface area contributed by atoms with E-state index in [1.165, 1.54) is 28.5 Å². The van der Waals surface area contributed by atoms with Crippen LogP contribution in [0.15, 0.2) is 53.9 Å². The lowest BCUT2D eigenvalue weighted by Gasteiger charge is -2.36. The number of carbonyl (C=O) groups is 1. The Balaban J connectivity index is 1.22. The molecule has 0 aliphatic carbocycles. The molecule has 4 heterocycles. The Morgan fingerprint density at radius 1 is 1.15 bits per heavy atom. The Morgan fingerprint density at radius 3 is 2.70 bits per heavy atom. The number of rotatable bonds is 6. The number of nitrogens with one attached hydrogen (secondary N) is 1. The maximum Gasteiger partial charge on any atom is 0.253 e. The summed E-state index contributed by atoms with van der Waals surface area (Å²) in [6.45, 7) is 6.88. The maximum absolute atomic E-state index is 13.2. The summed E-state index contributed by atoms with van der Waals surface area (Å²) in [7, 11) is 0. The summed E-state index contributed by atoms with van der Waals surface area (Å²) in [5.41, 5.74) is 3.97. The first kappa shape index (κ1) is 21.6. The lowest BCUT2D eigenvalue weighted by atomic mass is 10.0. The summed E-state index contributed by atoms with van der Waals surface area (Å²) in [6, 6.07) is 8.16. The Morgan fingerprint density at radius 2 is 1.94 bits per heavy atom. The number of benzene rings is 1. The summed E-state index contributed by atoms with van der Waals surface area (Å²) >= 11 is 0. The van der Waals surface area contributed by atoms with Crippen molar-refractivity contribution in [3.05, 3.63) is 76.6 Å². The largest absolute Gasteiger partial charge is 0.346 e. The molecule has 5 rings (SSSR count). The van der Waals surface area contributed by atoms with Crippen molar-refractivity contribution in [1.29, 1.82) is 0 Å². The first-order valence-electron chi connectivity index (χ1n) is 11.6. The van der Waals surface area contributed by atoms with Crippen LogP contribution in [0.1, 0.15) is 41.7 Å². The predicted octanol–water partition coefficient (Wildman–Crippen LogP) is 1.98. The topological polar surface area (TPSA) is 69.5 Å². The fourth-order valence-corrected chi connectivity index (χ4v) is 4.75. The van der Waals surface area contributed by atoms with Gasteiger partial charge in [0.05, 0.1) is 12.2 Å². The molecule has 1 fully saturated rings. The monoisotopic (exact) mass is 448 g/mol. The molecule has 8 heteroatoms. The number of aromatic nitrogens is 3. The van der Waals surface area contributed by atoms with Gasteiger partial charge in [0.1, 0.15) is 11.3 Å². The Labute approximate surface area is 192 Å². The first-order chi connectivity index (χ1) is 16.1. The van der Waals surface area contributed by atoms with Gasteiger partial charge in [-0.25, -0.2) is 4.39 Å². The van der Waals surface area contributed by atoms with Gasteiger partial charge >= 0.3 is 0 Å². The van der Waals surface area contributed by atoms with Gasteiger partial charge in [-0.3, -0.25) is 19.4 Å². The molecule has 0 radical (unpaired) electrons. The molecule has 0 spiro atoms. The zero-order valence-electron chi connectivity index (χ0n) is 18.9. The number of hydrogen-bond acceptors (Lipinski definition) is 4. The minimum absolute atomic E-state index is 0.0289. The molecule has 1 N–H and O–H groups in total. The van der Waals surface area contributed by atoms with Gasteiger partial charge in [0.15, 0.2) is 0 Å². The molecule has 2 aliphatic rings. The number of carbonyl (C=O) groups excluding carboxylic acids is 1. The number of amides is 1. The zero-order valence-corrected chi connectivity index (χ0v) is 18.9. The molecule has 172 valence electrons. The van der Waals surface area contributed by atoms with E-state index in [0.29, 0.717) is 18.7 Å². The Hall–Kier alpha value is -3.26. The van der Waals surface area contributed by atoms with E-state index in [2.05, 4.69) is 38.7 Å². The second-order valence-corrected chi connectivity index (χ2v) is 8.72. The Bertz CT molecular complexity index is 1240. The van der Waals surface area contributed by atoms with Gasteiger partial charge in [0, 0.05) is 68.0 Å². The Kier molecular flexibility index (Phi) is 6.09. The summed E-state index contributed by atoms with van der Waals surface area (Å²) in [5.74, 6) is -0.354. The molecule has 1 saturated heterocycles. The van der Waals surface area contributed by atoms with Crippen LogP contribution in [0.25, 0.3) is 5.57 Å². The van der Waals surface area contributed by atoms with Crippen molar-refractivity contribution in [1.82, 2.24) is 24.6 Å². The summed E-state index contributed by atoms with van der Waals surface area (Å²) in [4.78, 5) is 24.7. The number of hydrogen-bond donors (Lipinski definition) is 1. The third-order valence-electron chi connectivity index (χ3n) is 6.70. The van der Waals surface area contributed by atoms with E-state index in [1.54, 1.807) is 12.1 Å². The third kappa shape index (κ3) is 4.48. The summed E-state index contributed by atoms with van der Waals surface area (Å²) < 4.78 is 15.2. The molecule has 1 unspecified atom stereocenters. The average molecular weight is 449 g/mol. The second kappa shape index (κ2) is 9.31. The number of nitrogens with zero attached hydrogens (tertiary/aromatic N) is 5. The molecule has 7 nitrogen and oxygen atoms in total. The van der Waals surface area contributed by atoms with Gasteiger partial charge in [0.25, 0.3) is 5.91 Å². The highest BCUT2D eigenvalue weighted by Crippen LogP contribution is 2.20. The lowest BCUT2D eigenvalue weighted by molar-refractivity contribution is 0.0615. The molecule has 1 aromatic carbocycles. The van der Waals surface area contributed by atoms with E-state index < -0.39 is 0 Å². The van der Waals surface area contributed by atoms with Crippen molar-refractivity contribution in [2.75, 3.05) is 39.3 Å². The van der Waals surface area contributed by atoms with Crippen molar-refractivity contribution in [2.45, 2.75) is 25.8 Å². The molecule has 33 heavy (non-hydrogen) atoms.